The van der Waals surface area contributed by atoms with Crippen LogP contribution >= 0.6 is 0 Å². The highest BCUT2D eigenvalue weighted by atomic mass is 16.3. The molecule has 1 atom stereocenters. The molecule has 2 aromatic rings. The summed E-state index contributed by atoms with van der Waals surface area (Å²) in [5.74, 6) is 0.709. The average Bonchev–Trinajstić information content (AvgIpc) is 3.19. The molecule has 1 saturated heterocycles. The zero-order chi connectivity index (χ0) is 14.5. The van der Waals surface area contributed by atoms with E-state index in [0.29, 0.717) is 11.9 Å². The minimum atomic E-state index is 0.630. The van der Waals surface area contributed by atoms with Gasteiger partial charge < -0.3 is 9.73 Å². The number of rotatable bonds is 6. The number of hydrogen-bond acceptors (Lipinski definition) is 4. The molecule has 1 fully saturated rings. The normalized spacial score (nSPS) is 18.5. The molecule has 0 amide bonds. The van der Waals surface area contributed by atoms with E-state index in [0.717, 1.165) is 37.4 Å². The van der Waals surface area contributed by atoms with Crippen molar-refractivity contribution in [1.82, 2.24) is 15.2 Å². The molecule has 0 spiro atoms. The molecule has 2 heterocycles. The molecule has 1 unspecified atom stereocenters. The molecule has 4 nitrogen and oxygen atoms in total. The van der Waals surface area contributed by atoms with E-state index in [1.807, 2.05) is 30.3 Å². The molecular formula is C17H23N3O. The van der Waals surface area contributed by atoms with Crippen LogP contribution in [0.4, 0.5) is 0 Å². The van der Waals surface area contributed by atoms with Gasteiger partial charge in [0.2, 0.25) is 5.89 Å². The van der Waals surface area contributed by atoms with Crippen molar-refractivity contribution in [2.24, 2.45) is 0 Å². The Morgan fingerprint density at radius 3 is 2.90 bits per heavy atom. The van der Waals surface area contributed by atoms with Gasteiger partial charge in [0.15, 0.2) is 0 Å². The summed E-state index contributed by atoms with van der Waals surface area (Å²) in [4.78, 5) is 7.04. The predicted molar refractivity (Wildman–Crippen MR) is 83.9 cm³/mol. The molecule has 0 aliphatic carbocycles. The second kappa shape index (κ2) is 6.87. The van der Waals surface area contributed by atoms with Crippen LogP contribution in [-0.2, 0) is 6.54 Å². The lowest BCUT2D eigenvalue weighted by atomic mass is 10.2. The fourth-order valence-corrected chi connectivity index (χ4v) is 2.85. The van der Waals surface area contributed by atoms with Crippen LogP contribution in [0.1, 0.15) is 25.5 Å². The number of hydrogen-bond donors (Lipinski definition) is 1. The molecular weight excluding hydrogens is 262 g/mol. The number of nitrogens with zero attached hydrogens (tertiary/aromatic N) is 2. The number of likely N-dealkylation sites (N-methyl/N-ethyl adjacent to an activating group) is 1. The van der Waals surface area contributed by atoms with Crippen LogP contribution in [0.25, 0.3) is 11.5 Å². The summed E-state index contributed by atoms with van der Waals surface area (Å²) < 4.78 is 5.61. The fourth-order valence-electron chi connectivity index (χ4n) is 2.85. The monoisotopic (exact) mass is 285 g/mol. The lowest BCUT2D eigenvalue weighted by Crippen LogP contribution is -2.37. The summed E-state index contributed by atoms with van der Waals surface area (Å²) in [5, 5.41) is 3.55. The SMILES string of the molecule is CCN(Cc1coc(-c2ccccc2)n1)CC1CCCN1. The Kier molecular flexibility index (Phi) is 4.68. The van der Waals surface area contributed by atoms with Crippen LogP contribution in [0, 0.1) is 0 Å². The summed E-state index contributed by atoms with van der Waals surface area (Å²) in [7, 11) is 0. The van der Waals surface area contributed by atoms with Gasteiger partial charge in [-0.2, -0.15) is 0 Å². The number of oxazole rings is 1. The summed E-state index contributed by atoms with van der Waals surface area (Å²) in [6.07, 6.45) is 4.36. The van der Waals surface area contributed by atoms with E-state index in [2.05, 4.69) is 22.1 Å². The minimum Gasteiger partial charge on any atom is -0.444 e. The van der Waals surface area contributed by atoms with E-state index in [1.165, 1.54) is 12.8 Å². The predicted octanol–water partition coefficient (Wildman–Crippen LogP) is 2.92. The van der Waals surface area contributed by atoms with Gasteiger partial charge in [-0.3, -0.25) is 4.90 Å². The molecule has 21 heavy (non-hydrogen) atoms. The molecule has 1 aromatic heterocycles. The molecule has 0 radical (unpaired) electrons. The highest BCUT2D eigenvalue weighted by Gasteiger charge is 2.18. The zero-order valence-corrected chi connectivity index (χ0v) is 12.6. The first-order chi connectivity index (χ1) is 10.3. The Labute approximate surface area is 126 Å². The maximum absolute atomic E-state index is 5.61. The Morgan fingerprint density at radius 2 is 2.19 bits per heavy atom. The second-order valence-corrected chi connectivity index (χ2v) is 5.63. The van der Waals surface area contributed by atoms with E-state index in [1.54, 1.807) is 6.26 Å². The number of benzene rings is 1. The van der Waals surface area contributed by atoms with E-state index in [9.17, 15) is 0 Å². The van der Waals surface area contributed by atoms with Gasteiger partial charge in [0.05, 0.1) is 5.69 Å². The summed E-state index contributed by atoms with van der Waals surface area (Å²) >= 11 is 0. The van der Waals surface area contributed by atoms with Crippen molar-refractivity contribution in [3.8, 4) is 11.5 Å². The van der Waals surface area contributed by atoms with Crippen molar-refractivity contribution in [3.05, 3.63) is 42.3 Å². The Balaban J connectivity index is 1.62. The van der Waals surface area contributed by atoms with Crippen molar-refractivity contribution in [2.45, 2.75) is 32.4 Å². The van der Waals surface area contributed by atoms with Crippen molar-refractivity contribution in [1.29, 1.82) is 0 Å². The third kappa shape index (κ3) is 3.71. The first-order valence-corrected chi connectivity index (χ1v) is 7.80. The molecule has 4 heteroatoms. The molecule has 1 aliphatic rings. The van der Waals surface area contributed by atoms with Gasteiger partial charge in [0, 0.05) is 24.7 Å². The Morgan fingerprint density at radius 1 is 1.33 bits per heavy atom. The molecule has 112 valence electrons. The number of aromatic nitrogens is 1. The van der Waals surface area contributed by atoms with E-state index in [4.69, 9.17) is 4.42 Å². The van der Waals surface area contributed by atoms with Crippen molar-refractivity contribution in [3.63, 3.8) is 0 Å². The minimum absolute atomic E-state index is 0.630. The highest BCUT2D eigenvalue weighted by Crippen LogP contribution is 2.19. The van der Waals surface area contributed by atoms with Crippen molar-refractivity contribution >= 4 is 0 Å². The Hall–Kier alpha value is -1.65. The van der Waals surface area contributed by atoms with Crippen molar-refractivity contribution in [2.75, 3.05) is 19.6 Å². The van der Waals surface area contributed by atoms with Gasteiger partial charge in [-0.1, -0.05) is 25.1 Å². The summed E-state index contributed by atoms with van der Waals surface area (Å²) in [6.45, 7) is 6.33. The van der Waals surface area contributed by atoms with Crippen LogP contribution in [0.5, 0.6) is 0 Å². The van der Waals surface area contributed by atoms with Gasteiger partial charge in [0.25, 0.3) is 0 Å². The highest BCUT2D eigenvalue weighted by molar-refractivity contribution is 5.52. The quantitative estimate of drug-likeness (QED) is 0.886. The lowest BCUT2D eigenvalue weighted by Gasteiger charge is -2.23. The standard InChI is InChI=1S/C17H23N3O/c1-2-20(11-15-9-6-10-18-15)12-16-13-21-17(19-16)14-7-4-3-5-8-14/h3-5,7-8,13,15,18H,2,6,9-12H2,1H3. The van der Waals surface area contributed by atoms with Crippen molar-refractivity contribution < 1.29 is 4.42 Å². The average molecular weight is 285 g/mol. The van der Waals surface area contributed by atoms with Gasteiger partial charge in [-0.15, -0.1) is 0 Å². The zero-order valence-electron chi connectivity index (χ0n) is 12.6. The van der Waals surface area contributed by atoms with Gasteiger partial charge in [0.1, 0.15) is 6.26 Å². The molecule has 1 aromatic carbocycles. The first-order valence-electron chi connectivity index (χ1n) is 7.80. The van der Waals surface area contributed by atoms with E-state index < -0.39 is 0 Å². The molecule has 0 saturated carbocycles. The topological polar surface area (TPSA) is 41.3 Å². The Bertz CT molecular complexity index is 546. The molecule has 0 bridgehead atoms. The van der Waals surface area contributed by atoms with Crippen LogP contribution in [0.15, 0.2) is 41.0 Å². The van der Waals surface area contributed by atoms with Crippen LogP contribution in [0.2, 0.25) is 0 Å². The molecule has 1 aliphatic heterocycles. The van der Waals surface area contributed by atoms with Crippen LogP contribution < -0.4 is 5.32 Å². The third-order valence-electron chi connectivity index (χ3n) is 4.05. The summed E-state index contributed by atoms with van der Waals surface area (Å²) in [5.41, 5.74) is 2.04. The largest absolute Gasteiger partial charge is 0.444 e. The summed E-state index contributed by atoms with van der Waals surface area (Å²) in [6, 6.07) is 10.7. The van der Waals surface area contributed by atoms with E-state index in [-0.39, 0.29) is 0 Å². The van der Waals surface area contributed by atoms with E-state index >= 15 is 0 Å². The molecule has 1 N–H and O–H groups in total. The van der Waals surface area contributed by atoms with Gasteiger partial charge >= 0.3 is 0 Å². The first kappa shape index (κ1) is 14.3. The lowest BCUT2D eigenvalue weighted by molar-refractivity contribution is 0.250. The maximum atomic E-state index is 5.61. The van der Waals surface area contributed by atoms with Gasteiger partial charge in [-0.05, 0) is 38.1 Å². The second-order valence-electron chi connectivity index (χ2n) is 5.63. The van der Waals surface area contributed by atoms with Gasteiger partial charge in [-0.25, -0.2) is 4.98 Å². The molecule has 3 rings (SSSR count). The maximum Gasteiger partial charge on any atom is 0.226 e. The number of nitrogens with one attached hydrogen (secondary N) is 1. The van der Waals surface area contributed by atoms with Crippen LogP contribution in [0.3, 0.4) is 0 Å². The third-order valence-corrected chi connectivity index (χ3v) is 4.05. The smallest absolute Gasteiger partial charge is 0.226 e. The van der Waals surface area contributed by atoms with Crippen LogP contribution in [-0.4, -0.2) is 35.6 Å². The fraction of sp³-hybridized carbons (Fsp3) is 0.471.